The SMILES string of the molecule is CCOc1ccccc1[C@H]1CC(c2c(O)n(-c3cc(C)cc(C)c3)c(=O)[nH]c2=O)=NN1. The Hall–Kier alpha value is -3.81. The van der Waals surface area contributed by atoms with Gasteiger partial charge in [-0.05, 0) is 50.1 Å². The molecule has 3 N–H and O–H groups in total. The van der Waals surface area contributed by atoms with Crippen molar-refractivity contribution in [2.45, 2.75) is 33.2 Å². The molecule has 0 radical (unpaired) electrons. The second-order valence-corrected chi connectivity index (χ2v) is 7.55. The number of rotatable bonds is 5. The van der Waals surface area contributed by atoms with Crippen molar-refractivity contribution in [1.82, 2.24) is 15.0 Å². The van der Waals surface area contributed by atoms with Crippen LogP contribution in [-0.2, 0) is 0 Å². The first-order chi connectivity index (χ1) is 14.9. The number of ether oxygens (including phenoxy) is 1. The highest BCUT2D eigenvalue weighted by molar-refractivity contribution is 6.03. The van der Waals surface area contributed by atoms with Crippen LogP contribution in [0.2, 0.25) is 0 Å². The Bertz CT molecular complexity index is 1270. The van der Waals surface area contributed by atoms with Crippen molar-refractivity contribution in [3.8, 4) is 17.3 Å². The van der Waals surface area contributed by atoms with E-state index in [2.05, 4.69) is 15.5 Å². The zero-order valence-electron chi connectivity index (χ0n) is 17.6. The van der Waals surface area contributed by atoms with Crippen molar-refractivity contribution in [2.24, 2.45) is 5.10 Å². The van der Waals surface area contributed by atoms with Gasteiger partial charge in [-0.1, -0.05) is 24.3 Å². The van der Waals surface area contributed by atoms with Crippen LogP contribution >= 0.6 is 0 Å². The monoisotopic (exact) mass is 420 g/mol. The van der Waals surface area contributed by atoms with Crippen LogP contribution < -0.4 is 21.4 Å². The molecule has 1 atom stereocenters. The number of aryl methyl sites for hydroxylation is 2. The quantitative estimate of drug-likeness (QED) is 0.588. The van der Waals surface area contributed by atoms with Crippen LogP contribution in [0.25, 0.3) is 5.69 Å². The third-order valence-corrected chi connectivity index (χ3v) is 5.19. The van der Waals surface area contributed by atoms with Gasteiger partial charge in [0.15, 0.2) is 0 Å². The van der Waals surface area contributed by atoms with E-state index in [9.17, 15) is 14.7 Å². The van der Waals surface area contributed by atoms with Crippen molar-refractivity contribution < 1.29 is 9.84 Å². The van der Waals surface area contributed by atoms with Crippen molar-refractivity contribution in [3.05, 3.63) is 85.6 Å². The third-order valence-electron chi connectivity index (χ3n) is 5.19. The van der Waals surface area contributed by atoms with Crippen LogP contribution in [0.4, 0.5) is 0 Å². The van der Waals surface area contributed by atoms with Crippen LogP contribution in [0, 0.1) is 13.8 Å². The molecular formula is C23H24N4O4. The van der Waals surface area contributed by atoms with Gasteiger partial charge in [-0.15, -0.1) is 0 Å². The van der Waals surface area contributed by atoms with Gasteiger partial charge in [0.1, 0.15) is 11.3 Å². The normalized spacial score (nSPS) is 15.5. The molecule has 4 rings (SSSR count). The molecule has 0 bridgehead atoms. The van der Waals surface area contributed by atoms with Gasteiger partial charge in [-0.2, -0.15) is 5.10 Å². The van der Waals surface area contributed by atoms with Crippen LogP contribution in [0.15, 0.2) is 57.2 Å². The summed E-state index contributed by atoms with van der Waals surface area (Å²) < 4.78 is 6.80. The molecule has 8 nitrogen and oxygen atoms in total. The van der Waals surface area contributed by atoms with Crippen LogP contribution in [0.1, 0.15) is 41.6 Å². The van der Waals surface area contributed by atoms with Crippen molar-refractivity contribution in [2.75, 3.05) is 6.61 Å². The first kappa shape index (κ1) is 20.5. The number of para-hydroxylation sites is 1. The van der Waals surface area contributed by atoms with E-state index < -0.39 is 17.1 Å². The summed E-state index contributed by atoms with van der Waals surface area (Å²) >= 11 is 0. The number of nitrogens with one attached hydrogen (secondary N) is 2. The molecule has 31 heavy (non-hydrogen) atoms. The zero-order chi connectivity index (χ0) is 22.1. The van der Waals surface area contributed by atoms with Gasteiger partial charge in [0.25, 0.3) is 5.56 Å². The lowest BCUT2D eigenvalue weighted by Gasteiger charge is -2.15. The number of hydrogen-bond donors (Lipinski definition) is 3. The molecule has 0 spiro atoms. The average Bonchev–Trinajstić information content (AvgIpc) is 3.17. The molecule has 0 amide bonds. The van der Waals surface area contributed by atoms with E-state index in [0.717, 1.165) is 27.0 Å². The van der Waals surface area contributed by atoms with Gasteiger partial charge in [-0.25, -0.2) is 9.36 Å². The topological polar surface area (TPSA) is 109 Å². The maximum atomic E-state index is 12.6. The standard InChI is InChI=1S/C23H24N4O4/c1-4-31-19-8-6-5-7-16(19)17-12-18(26-25-17)20-21(28)24-23(30)27(22(20)29)15-10-13(2)9-14(3)11-15/h5-11,17,25,29H,4,12H2,1-3H3,(H,24,28,30)/t17-/m1/s1. The summed E-state index contributed by atoms with van der Waals surface area (Å²) in [6.45, 7) is 6.24. The van der Waals surface area contributed by atoms with E-state index in [-0.39, 0.29) is 11.6 Å². The van der Waals surface area contributed by atoms with E-state index in [4.69, 9.17) is 4.74 Å². The van der Waals surface area contributed by atoms with E-state index in [1.165, 1.54) is 0 Å². The van der Waals surface area contributed by atoms with Crippen molar-refractivity contribution in [3.63, 3.8) is 0 Å². The Kier molecular flexibility index (Phi) is 5.37. The summed E-state index contributed by atoms with van der Waals surface area (Å²) in [6.07, 6.45) is 0.353. The summed E-state index contributed by atoms with van der Waals surface area (Å²) in [5.74, 6) is 0.301. The zero-order valence-corrected chi connectivity index (χ0v) is 17.6. The van der Waals surface area contributed by atoms with Crippen molar-refractivity contribution >= 4 is 5.71 Å². The lowest BCUT2D eigenvalue weighted by molar-refractivity contribution is 0.332. The summed E-state index contributed by atoms with van der Waals surface area (Å²) in [6, 6.07) is 12.9. The van der Waals surface area contributed by atoms with Gasteiger partial charge in [0, 0.05) is 12.0 Å². The second-order valence-electron chi connectivity index (χ2n) is 7.55. The summed E-state index contributed by atoms with van der Waals surface area (Å²) in [7, 11) is 0. The minimum atomic E-state index is -0.707. The molecule has 8 heteroatoms. The fourth-order valence-electron chi connectivity index (χ4n) is 3.94. The van der Waals surface area contributed by atoms with Crippen LogP contribution in [0.5, 0.6) is 11.6 Å². The molecule has 160 valence electrons. The van der Waals surface area contributed by atoms with E-state index >= 15 is 0 Å². The number of hydrazone groups is 1. The summed E-state index contributed by atoms with van der Waals surface area (Å²) in [5, 5.41) is 15.3. The Balaban J connectivity index is 1.75. The maximum absolute atomic E-state index is 12.6. The Morgan fingerprint density at radius 2 is 1.87 bits per heavy atom. The Morgan fingerprint density at radius 3 is 2.58 bits per heavy atom. The highest BCUT2D eigenvalue weighted by Gasteiger charge is 2.29. The predicted octanol–water partition coefficient (Wildman–Crippen LogP) is 2.69. The molecule has 1 aliphatic rings. The summed E-state index contributed by atoms with van der Waals surface area (Å²) in [5.41, 5.74) is 5.22. The van der Waals surface area contributed by atoms with E-state index in [0.29, 0.717) is 24.4 Å². The van der Waals surface area contributed by atoms with Gasteiger partial charge in [0.2, 0.25) is 5.88 Å². The second kappa shape index (κ2) is 8.14. The first-order valence-corrected chi connectivity index (χ1v) is 10.1. The van der Waals surface area contributed by atoms with Crippen LogP contribution in [0.3, 0.4) is 0 Å². The number of nitrogens with zero attached hydrogens (tertiary/aromatic N) is 2. The number of aromatic amines is 1. The smallest absolute Gasteiger partial charge is 0.335 e. The van der Waals surface area contributed by atoms with Gasteiger partial charge in [0.05, 0.1) is 24.0 Å². The number of hydrogen-bond acceptors (Lipinski definition) is 6. The molecule has 1 aliphatic heterocycles. The number of aromatic nitrogens is 2. The Labute approximate surface area is 178 Å². The van der Waals surface area contributed by atoms with E-state index in [1.54, 1.807) is 12.1 Å². The van der Waals surface area contributed by atoms with Crippen LogP contribution in [-0.4, -0.2) is 27.0 Å². The largest absolute Gasteiger partial charge is 0.494 e. The molecule has 1 aromatic heterocycles. The number of H-pyrrole nitrogens is 1. The molecule has 3 aromatic rings. The fourth-order valence-corrected chi connectivity index (χ4v) is 3.94. The van der Waals surface area contributed by atoms with Gasteiger partial charge in [-0.3, -0.25) is 9.78 Å². The highest BCUT2D eigenvalue weighted by Crippen LogP contribution is 2.32. The molecular weight excluding hydrogens is 396 g/mol. The minimum absolute atomic E-state index is 0.0253. The molecule has 2 aromatic carbocycles. The average molecular weight is 420 g/mol. The van der Waals surface area contributed by atoms with Crippen molar-refractivity contribution in [1.29, 1.82) is 0 Å². The molecule has 0 fully saturated rings. The molecule has 0 aliphatic carbocycles. The molecule has 2 heterocycles. The highest BCUT2D eigenvalue weighted by atomic mass is 16.5. The van der Waals surface area contributed by atoms with Gasteiger partial charge < -0.3 is 15.3 Å². The Morgan fingerprint density at radius 1 is 1.16 bits per heavy atom. The third kappa shape index (κ3) is 3.84. The van der Waals surface area contributed by atoms with Gasteiger partial charge >= 0.3 is 5.69 Å². The molecule has 0 saturated heterocycles. The minimum Gasteiger partial charge on any atom is -0.494 e. The lowest BCUT2D eigenvalue weighted by Crippen LogP contribution is -2.33. The number of aromatic hydroxyl groups is 1. The lowest BCUT2D eigenvalue weighted by atomic mass is 9.99. The first-order valence-electron chi connectivity index (χ1n) is 10.1. The van der Waals surface area contributed by atoms with E-state index in [1.807, 2.05) is 51.1 Å². The summed E-state index contributed by atoms with van der Waals surface area (Å²) in [4.78, 5) is 27.5. The number of benzene rings is 2. The molecule has 0 saturated carbocycles. The maximum Gasteiger partial charge on any atom is 0.335 e. The predicted molar refractivity (Wildman–Crippen MR) is 118 cm³/mol. The fraction of sp³-hybridized carbons (Fsp3) is 0.261. The molecule has 0 unspecified atom stereocenters.